The molecule has 0 unspecified atom stereocenters. The summed E-state index contributed by atoms with van der Waals surface area (Å²) in [7, 11) is -24.7. The average Bonchev–Trinajstić information content (AvgIpc) is 2.56. The van der Waals surface area contributed by atoms with E-state index in [1.807, 2.05) is 36.4 Å². The molecule has 0 fully saturated rings. The monoisotopic (exact) mass is 702 g/mol. The summed E-state index contributed by atoms with van der Waals surface area (Å²) in [5.74, 6) is 0. The Morgan fingerprint density at radius 1 is 0.342 bits per heavy atom. The third-order valence-electron chi connectivity index (χ3n) is 1.59. The molecule has 0 saturated carbocycles. The number of nitrogens with zero attached hydrogens (tertiary/aromatic N) is 2. The summed E-state index contributed by atoms with van der Waals surface area (Å²) in [6.45, 7) is 0. The van der Waals surface area contributed by atoms with Gasteiger partial charge in [-0.2, -0.15) is 0 Å². The van der Waals surface area contributed by atoms with Crippen molar-refractivity contribution in [3.8, 4) is 11.4 Å². The molecule has 0 aliphatic heterocycles. The van der Waals surface area contributed by atoms with Gasteiger partial charge in [-0.15, -0.1) is 51.2 Å². The topological polar surface area (TPSA) is 487 Å². The minimum Gasteiger partial charge on any atom is -0.255 e. The third kappa shape index (κ3) is 111. The standard InChI is InChI=1S/C10H8N2.5ClHO4.V/c1-3-7-11-9(5-1)10-6-2-4-8-12-10;5*2-1(3,4)5;/h1-8H;5*(H,2,3,4,5);/q;;;;;;+5/p-5. The molecule has 0 N–H and O–H groups in total. The normalized spacial score (nSPS) is 10.9. The van der Waals surface area contributed by atoms with Crippen molar-refractivity contribution >= 4 is 0 Å². The second-order valence-electron chi connectivity index (χ2n) is 4.32. The molecule has 38 heavy (non-hydrogen) atoms. The van der Waals surface area contributed by atoms with E-state index in [1.54, 1.807) is 12.4 Å². The second-order valence-corrected chi connectivity index (χ2v) is 8.10. The molecule has 0 spiro atoms. The molecule has 0 radical (unpaired) electrons. The Morgan fingerprint density at radius 2 is 0.500 bits per heavy atom. The zero-order chi connectivity index (χ0) is 30.7. The van der Waals surface area contributed by atoms with Crippen LogP contribution in [0.3, 0.4) is 0 Å². The summed E-state index contributed by atoms with van der Waals surface area (Å²) in [5.41, 5.74) is 1.83. The molecular weight excluding hydrogens is 696 g/mol. The summed E-state index contributed by atoms with van der Waals surface area (Å²) in [6, 6.07) is 11.6. The smallest absolute Gasteiger partial charge is 0.255 e. The van der Waals surface area contributed by atoms with Crippen LogP contribution in [0.5, 0.6) is 0 Å². The molecule has 2 aromatic heterocycles. The van der Waals surface area contributed by atoms with Crippen LogP contribution in [0.4, 0.5) is 0 Å². The molecule has 0 bridgehead atoms. The SMILES string of the molecule is [O-][Cl+3]([O-])([O-])[O-].[O-][Cl+3]([O-])([O-])[O-].[O-][Cl+3]([O-])([O-])[O-].[O-][Cl+3]([O-])([O-])[O-].[O-][Cl+3]([O-])([O-])[O-].[V+5].c1ccc(-c2ccccn2)nc1. The van der Waals surface area contributed by atoms with E-state index < -0.39 is 51.2 Å². The van der Waals surface area contributed by atoms with Gasteiger partial charge in [-0.25, -0.2) is 93.2 Å². The summed E-state index contributed by atoms with van der Waals surface area (Å²) in [6.07, 6.45) is 3.54. The van der Waals surface area contributed by atoms with E-state index in [1.165, 1.54) is 0 Å². The molecule has 22 nitrogen and oxygen atoms in total. The minimum atomic E-state index is -4.94. The Balaban J connectivity index is -0.000000122. The van der Waals surface area contributed by atoms with Crippen molar-refractivity contribution in [2.75, 3.05) is 0 Å². The quantitative estimate of drug-likeness (QED) is 0.266. The van der Waals surface area contributed by atoms with Crippen LogP contribution >= 0.6 is 0 Å². The first-order valence-electron chi connectivity index (χ1n) is 6.88. The number of hydrogen-bond donors (Lipinski definition) is 0. The van der Waals surface area contributed by atoms with Crippen molar-refractivity contribution in [1.82, 2.24) is 9.97 Å². The van der Waals surface area contributed by atoms with Gasteiger partial charge in [0.1, 0.15) is 0 Å². The van der Waals surface area contributed by atoms with E-state index in [2.05, 4.69) is 9.97 Å². The number of rotatable bonds is 1. The van der Waals surface area contributed by atoms with Crippen molar-refractivity contribution in [2.45, 2.75) is 0 Å². The van der Waals surface area contributed by atoms with Crippen molar-refractivity contribution < 1.29 is 163 Å². The average molecular weight is 704 g/mol. The Bertz CT molecular complexity index is 645. The van der Waals surface area contributed by atoms with Gasteiger partial charge >= 0.3 is 18.6 Å². The summed E-state index contributed by atoms with van der Waals surface area (Å²) in [5, 5.41) is 0. The number of aromatic nitrogens is 2. The van der Waals surface area contributed by atoms with Gasteiger partial charge in [0.05, 0.1) is 11.4 Å². The van der Waals surface area contributed by atoms with E-state index in [4.69, 9.17) is 93.2 Å². The molecule has 0 aliphatic rings. The van der Waals surface area contributed by atoms with E-state index in [9.17, 15) is 0 Å². The van der Waals surface area contributed by atoms with Gasteiger partial charge in [-0.05, 0) is 24.3 Å². The molecule has 218 valence electrons. The maximum absolute atomic E-state index is 8.49. The van der Waals surface area contributed by atoms with Crippen molar-refractivity contribution in [1.29, 1.82) is 0 Å². The number of halogens is 5. The Labute approximate surface area is 232 Å². The first-order chi connectivity index (χ1) is 16.0. The second kappa shape index (κ2) is 22.2. The van der Waals surface area contributed by atoms with Gasteiger partial charge in [-0.1, -0.05) is 12.1 Å². The third-order valence-corrected chi connectivity index (χ3v) is 1.59. The predicted octanol–water partition coefficient (Wildman–Crippen LogP) is -21.6. The first kappa shape index (κ1) is 47.3. The summed E-state index contributed by atoms with van der Waals surface area (Å²) in [4.78, 5) is 8.37. The van der Waals surface area contributed by atoms with Crippen LogP contribution in [0.25, 0.3) is 11.4 Å². The van der Waals surface area contributed by atoms with Gasteiger partial charge in [0.15, 0.2) is 0 Å². The molecule has 0 aromatic carbocycles. The zero-order valence-corrected chi connectivity index (χ0v) is 22.2. The molecule has 2 aromatic rings. The van der Waals surface area contributed by atoms with Crippen LogP contribution in [-0.4, -0.2) is 9.97 Å². The van der Waals surface area contributed by atoms with Crippen LogP contribution in [-0.2, 0) is 18.6 Å². The van der Waals surface area contributed by atoms with Gasteiger partial charge in [0, 0.05) is 12.4 Å². The molecule has 2 heterocycles. The maximum Gasteiger partial charge on any atom is 5.00 e. The minimum absolute atomic E-state index is 0. The van der Waals surface area contributed by atoms with Crippen LogP contribution in [0.1, 0.15) is 0 Å². The Hall–Kier alpha value is -0.466. The molecule has 2 rings (SSSR count). The zero-order valence-electron chi connectivity index (χ0n) is 17.0. The molecule has 28 heteroatoms. The van der Waals surface area contributed by atoms with Crippen LogP contribution in [0.2, 0.25) is 0 Å². The van der Waals surface area contributed by atoms with E-state index in [0.29, 0.717) is 0 Å². The Kier molecular flexibility index (Phi) is 27.7. The van der Waals surface area contributed by atoms with Gasteiger partial charge in [0.2, 0.25) is 0 Å². The van der Waals surface area contributed by atoms with E-state index in [-0.39, 0.29) is 18.6 Å². The van der Waals surface area contributed by atoms with Crippen molar-refractivity contribution in [3.05, 3.63) is 48.8 Å². The van der Waals surface area contributed by atoms with Gasteiger partial charge in [0.25, 0.3) is 0 Å². The fourth-order valence-electron chi connectivity index (χ4n) is 1.03. The van der Waals surface area contributed by atoms with Crippen LogP contribution in [0.15, 0.2) is 48.8 Å². The number of pyridine rings is 2. The van der Waals surface area contributed by atoms with Crippen LogP contribution < -0.4 is 93.2 Å². The van der Waals surface area contributed by atoms with E-state index >= 15 is 0 Å². The maximum atomic E-state index is 8.49. The summed E-state index contributed by atoms with van der Waals surface area (Å²) >= 11 is 0. The van der Waals surface area contributed by atoms with Crippen molar-refractivity contribution in [2.24, 2.45) is 0 Å². The van der Waals surface area contributed by atoms with Gasteiger partial charge in [-0.3, -0.25) is 9.97 Å². The molecule has 0 atom stereocenters. The molecule has 0 aliphatic carbocycles. The number of hydrogen-bond acceptors (Lipinski definition) is 22. The molecular formula is C10H8Cl5N2O20V. The summed E-state index contributed by atoms with van der Waals surface area (Å²) < 4.78 is 170. The van der Waals surface area contributed by atoms with Crippen LogP contribution in [0, 0.1) is 51.2 Å². The van der Waals surface area contributed by atoms with Gasteiger partial charge < -0.3 is 0 Å². The molecule has 0 saturated heterocycles. The predicted molar refractivity (Wildman–Crippen MR) is 47.5 cm³/mol. The molecule has 0 amide bonds. The Morgan fingerprint density at radius 3 is 0.605 bits per heavy atom. The van der Waals surface area contributed by atoms with Crippen molar-refractivity contribution in [3.63, 3.8) is 0 Å². The largest absolute Gasteiger partial charge is 5.00 e. The fourth-order valence-corrected chi connectivity index (χ4v) is 1.03. The first-order valence-corrected chi connectivity index (χ1v) is 13.0. The van der Waals surface area contributed by atoms with E-state index in [0.717, 1.165) is 11.4 Å². The fraction of sp³-hybridized carbons (Fsp3) is 0.